The molecular weight excluding hydrogens is 268 g/mol. The number of nitrogens with one attached hydrogen (secondary N) is 1. The monoisotopic (exact) mass is 278 g/mol. The fourth-order valence-electron chi connectivity index (χ4n) is 1.74. The standard InChI is InChI=1S/C13H11ClN2O3/c1-7-3-4-11(10(14)5-7)16-12(18)9(8(2)17)6-15-13(16)19/h3-6H,1-2H3,(H,15,19). The molecule has 0 aliphatic heterocycles. The second-order valence-electron chi connectivity index (χ2n) is 4.16. The zero-order valence-electron chi connectivity index (χ0n) is 10.4. The molecule has 2 aromatic rings. The quantitative estimate of drug-likeness (QED) is 0.850. The summed E-state index contributed by atoms with van der Waals surface area (Å²) in [6, 6.07) is 4.94. The van der Waals surface area contributed by atoms with E-state index in [2.05, 4.69) is 4.98 Å². The summed E-state index contributed by atoms with van der Waals surface area (Å²) in [5, 5.41) is 0.272. The van der Waals surface area contributed by atoms with Gasteiger partial charge in [0, 0.05) is 6.20 Å². The zero-order valence-corrected chi connectivity index (χ0v) is 11.1. The summed E-state index contributed by atoms with van der Waals surface area (Å²) in [5.74, 6) is -0.418. The minimum absolute atomic E-state index is 0.0868. The maximum atomic E-state index is 12.1. The molecule has 1 aromatic carbocycles. The van der Waals surface area contributed by atoms with Gasteiger partial charge in [0.2, 0.25) is 0 Å². The van der Waals surface area contributed by atoms with Crippen molar-refractivity contribution in [2.24, 2.45) is 0 Å². The Morgan fingerprint density at radius 3 is 2.58 bits per heavy atom. The van der Waals surface area contributed by atoms with E-state index in [0.29, 0.717) is 0 Å². The van der Waals surface area contributed by atoms with Gasteiger partial charge in [0.1, 0.15) is 0 Å². The van der Waals surface area contributed by atoms with E-state index in [1.54, 1.807) is 18.2 Å². The summed E-state index contributed by atoms with van der Waals surface area (Å²) in [7, 11) is 0. The van der Waals surface area contributed by atoms with E-state index in [0.717, 1.165) is 16.3 Å². The van der Waals surface area contributed by atoms with Gasteiger partial charge in [-0.05, 0) is 31.5 Å². The highest BCUT2D eigenvalue weighted by Gasteiger charge is 2.14. The van der Waals surface area contributed by atoms with Crippen molar-refractivity contribution in [2.45, 2.75) is 13.8 Å². The molecule has 1 N–H and O–H groups in total. The molecular formula is C13H11ClN2O3. The Morgan fingerprint density at radius 2 is 2.00 bits per heavy atom. The minimum atomic E-state index is -0.679. The first-order valence-electron chi connectivity index (χ1n) is 5.54. The van der Waals surface area contributed by atoms with Crippen molar-refractivity contribution in [1.82, 2.24) is 9.55 Å². The Morgan fingerprint density at radius 1 is 1.32 bits per heavy atom. The first-order valence-corrected chi connectivity index (χ1v) is 5.92. The van der Waals surface area contributed by atoms with Gasteiger partial charge >= 0.3 is 5.69 Å². The van der Waals surface area contributed by atoms with Crippen LogP contribution in [0.25, 0.3) is 5.69 Å². The lowest BCUT2D eigenvalue weighted by Crippen LogP contribution is -2.36. The average molecular weight is 279 g/mol. The Labute approximate surface area is 113 Å². The topological polar surface area (TPSA) is 71.9 Å². The van der Waals surface area contributed by atoms with Gasteiger partial charge in [-0.25, -0.2) is 9.36 Å². The second kappa shape index (κ2) is 4.85. The first kappa shape index (κ1) is 13.3. The van der Waals surface area contributed by atoms with Gasteiger partial charge in [-0.1, -0.05) is 17.7 Å². The smallest absolute Gasteiger partial charge is 0.313 e. The third-order valence-corrected chi connectivity index (χ3v) is 3.00. The molecule has 1 aromatic heterocycles. The number of H-pyrrole nitrogens is 1. The fourth-order valence-corrected chi connectivity index (χ4v) is 2.06. The average Bonchev–Trinajstić information content (AvgIpc) is 2.31. The van der Waals surface area contributed by atoms with E-state index in [9.17, 15) is 14.4 Å². The Bertz CT molecular complexity index is 774. The Balaban J connectivity index is 2.82. The lowest BCUT2D eigenvalue weighted by Gasteiger charge is -2.08. The van der Waals surface area contributed by atoms with Crippen LogP contribution in [0.5, 0.6) is 0 Å². The number of halogens is 1. The highest BCUT2D eigenvalue weighted by atomic mass is 35.5. The van der Waals surface area contributed by atoms with E-state index in [1.165, 1.54) is 6.92 Å². The predicted octanol–water partition coefficient (Wildman–Crippen LogP) is 1.69. The lowest BCUT2D eigenvalue weighted by molar-refractivity contribution is 0.101. The number of hydrogen-bond acceptors (Lipinski definition) is 3. The minimum Gasteiger partial charge on any atom is -0.313 e. The van der Waals surface area contributed by atoms with Crippen molar-refractivity contribution in [3.05, 3.63) is 61.4 Å². The van der Waals surface area contributed by atoms with Crippen LogP contribution in [0.4, 0.5) is 0 Å². The summed E-state index contributed by atoms with van der Waals surface area (Å²) in [6.45, 7) is 3.10. The number of aromatic nitrogens is 2. The molecule has 98 valence electrons. The SMILES string of the molecule is CC(=O)c1c[nH]c(=O)n(-c2ccc(C)cc2Cl)c1=O. The summed E-state index contributed by atoms with van der Waals surface area (Å²) in [6.07, 6.45) is 1.12. The number of carbonyl (C=O) groups excluding carboxylic acids is 1. The van der Waals surface area contributed by atoms with Crippen molar-refractivity contribution in [2.75, 3.05) is 0 Å². The summed E-state index contributed by atoms with van der Waals surface area (Å²) < 4.78 is 0.860. The van der Waals surface area contributed by atoms with Crippen molar-refractivity contribution in [3.8, 4) is 5.69 Å². The van der Waals surface area contributed by atoms with Crippen LogP contribution in [0.1, 0.15) is 22.8 Å². The number of hydrogen-bond donors (Lipinski definition) is 1. The van der Waals surface area contributed by atoms with Gasteiger partial charge in [0.25, 0.3) is 5.56 Å². The number of Topliss-reactive ketones (excluding diaryl/α,β-unsaturated/α-hetero) is 1. The molecule has 1 heterocycles. The number of aromatic amines is 1. The maximum Gasteiger partial charge on any atom is 0.333 e. The Kier molecular flexibility index (Phi) is 3.40. The number of benzene rings is 1. The molecule has 6 heteroatoms. The number of rotatable bonds is 2. The third-order valence-electron chi connectivity index (χ3n) is 2.70. The molecule has 2 rings (SSSR count). The van der Waals surface area contributed by atoms with Crippen LogP contribution in [0, 0.1) is 6.92 Å². The summed E-state index contributed by atoms with van der Waals surface area (Å²) in [4.78, 5) is 37.6. The van der Waals surface area contributed by atoms with Gasteiger partial charge < -0.3 is 4.98 Å². The number of aryl methyl sites for hydroxylation is 1. The van der Waals surface area contributed by atoms with Crippen LogP contribution < -0.4 is 11.2 Å². The summed E-state index contributed by atoms with van der Waals surface area (Å²) >= 11 is 6.04. The van der Waals surface area contributed by atoms with Crippen molar-refractivity contribution < 1.29 is 4.79 Å². The summed E-state index contributed by atoms with van der Waals surface area (Å²) in [5.41, 5.74) is -0.249. The van der Waals surface area contributed by atoms with Crippen LogP contribution in [0.2, 0.25) is 5.02 Å². The van der Waals surface area contributed by atoms with Crippen LogP contribution in [0.15, 0.2) is 34.0 Å². The Hall–Kier alpha value is -2.14. The van der Waals surface area contributed by atoms with Gasteiger partial charge in [0.15, 0.2) is 5.78 Å². The van der Waals surface area contributed by atoms with Gasteiger partial charge in [0.05, 0.1) is 16.3 Å². The fraction of sp³-hybridized carbons (Fsp3) is 0.154. The van der Waals surface area contributed by atoms with Crippen LogP contribution in [-0.4, -0.2) is 15.3 Å². The van der Waals surface area contributed by atoms with Crippen LogP contribution in [0.3, 0.4) is 0 Å². The van der Waals surface area contributed by atoms with E-state index in [-0.39, 0.29) is 16.3 Å². The van der Waals surface area contributed by atoms with E-state index in [4.69, 9.17) is 11.6 Å². The molecule has 0 aliphatic rings. The largest absolute Gasteiger partial charge is 0.333 e. The predicted molar refractivity (Wildman–Crippen MR) is 72.4 cm³/mol. The molecule has 0 atom stereocenters. The first-order chi connectivity index (χ1) is 8.91. The highest BCUT2D eigenvalue weighted by molar-refractivity contribution is 6.32. The van der Waals surface area contributed by atoms with E-state index >= 15 is 0 Å². The lowest BCUT2D eigenvalue weighted by atomic mass is 10.2. The third kappa shape index (κ3) is 2.37. The molecule has 0 fully saturated rings. The molecule has 0 radical (unpaired) electrons. The van der Waals surface area contributed by atoms with Crippen molar-refractivity contribution in [3.63, 3.8) is 0 Å². The zero-order chi connectivity index (χ0) is 14.2. The molecule has 0 spiro atoms. The number of ketones is 1. The molecule has 0 unspecified atom stereocenters. The van der Waals surface area contributed by atoms with Gasteiger partial charge in [-0.15, -0.1) is 0 Å². The highest BCUT2D eigenvalue weighted by Crippen LogP contribution is 2.19. The van der Waals surface area contributed by atoms with E-state index < -0.39 is 17.0 Å². The normalized spacial score (nSPS) is 10.5. The van der Waals surface area contributed by atoms with Gasteiger partial charge in [-0.2, -0.15) is 0 Å². The van der Waals surface area contributed by atoms with E-state index in [1.807, 2.05) is 6.92 Å². The molecule has 0 saturated heterocycles. The maximum absolute atomic E-state index is 12.1. The molecule has 0 aliphatic carbocycles. The molecule has 0 amide bonds. The van der Waals surface area contributed by atoms with Crippen molar-refractivity contribution in [1.29, 1.82) is 0 Å². The second-order valence-corrected chi connectivity index (χ2v) is 4.57. The van der Waals surface area contributed by atoms with Crippen molar-refractivity contribution >= 4 is 17.4 Å². The van der Waals surface area contributed by atoms with Gasteiger partial charge in [-0.3, -0.25) is 9.59 Å². The molecule has 0 bridgehead atoms. The number of nitrogens with zero attached hydrogens (tertiary/aromatic N) is 1. The number of carbonyl (C=O) groups is 1. The molecule has 5 nitrogen and oxygen atoms in total. The van der Waals surface area contributed by atoms with Crippen LogP contribution in [-0.2, 0) is 0 Å². The van der Waals surface area contributed by atoms with Crippen LogP contribution >= 0.6 is 11.6 Å². The molecule has 19 heavy (non-hydrogen) atoms. The molecule has 0 saturated carbocycles.